The maximum atomic E-state index is 14.2. The molecule has 1 aromatic carbocycles. The van der Waals surface area contributed by atoms with E-state index in [0.717, 1.165) is 50.5 Å². The molecule has 3 saturated carbocycles. The van der Waals surface area contributed by atoms with Gasteiger partial charge in [-0.05, 0) is 85.8 Å². The second-order valence-corrected chi connectivity index (χ2v) is 10.3. The van der Waals surface area contributed by atoms with Crippen molar-refractivity contribution in [2.24, 2.45) is 28.6 Å². The Morgan fingerprint density at radius 1 is 1.07 bits per heavy atom. The van der Waals surface area contributed by atoms with E-state index >= 15 is 0 Å². The molecule has 5 rings (SSSR count). The van der Waals surface area contributed by atoms with Crippen molar-refractivity contribution >= 4 is 11.9 Å². The highest BCUT2D eigenvalue weighted by Crippen LogP contribution is 2.64. The lowest BCUT2D eigenvalue weighted by molar-refractivity contribution is -0.130. The lowest BCUT2D eigenvalue weighted by Gasteiger charge is -2.56. The molecule has 0 aromatic heterocycles. The number of rotatable bonds is 1. The molecule has 154 valence electrons. The van der Waals surface area contributed by atoms with Gasteiger partial charge in [0, 0.05) is 11.0 Å². The highest BCUT2D eigenvalue weighted by molar-refractivity contribution is 6.06. The van der Waals surface area contributed by atoms with Crippen molar-refractivity contribution in [2.75, 3.05) is 0 Å². The van der Waals surface area contributed by atoms with Crippen LogP contribution in [0.5, 0.6) is 0 Å². The monoisotopic (exact) mass is 394 g/mol. The number of ketones is 1. The van der Waals surface area contributed by atoms with E-state index < -0.39 is 0 Å². The van der Waals surface area contributed by atoms with E-state index in [9.17, 15) is 14.3 Å². The van der Waals surface area contributed by atoms with E-state index in [1.165, 1.54) is 11.6 Å². The number of Topliss-reactive ketones (excluding diaryl/α,β-unsaturated/α-hetero) is 1. The van der Waals surface area contributed by atoms with Crippen LogP contribution < -0.4 is 0 Å². The number of hydrogen-bond donors (Lipinski definition) is 1. The van der Waals surface area contributed by atoms with Crippen LogP contribution in [0.2, 0.25) is 0 Å². The van der Waals surface area contributed by atoms with Gasteiger partial charge in [0.1, 0.15) is 5.82 Å². The maximum Gasteiger partial charge on any atom is 0.165 e. The van der Waals surface area contributed by atoms with Crippen molar-refractivity contribution in [3.8, 4) is 0 Å². The Morgan fingerprint density at radius 2 is 1.83 bits per heavy atom. The van der Waals surface area contributed by atoms with Crippen LogP contribution in [0.3, 0.4) is 0 Å². The standard InChI is InChI=1S/C26H31FO2/c1-25-11-9-19(28)15-18(25)7-8-20-21(25)10-12-26(2)22(20)14-17(24(26)29)13-16-5-3-4-6-23(16)27/h3-7,13,19-22,28H,8-12,14-15H2,1-2H3/b17-13+/t19-,20+,21+,22-,25+,26+/m1/s1. The number of fused-ring (bicyclic) bond motifs is 5. The van der Waals surface area contributed by atoms with E-state index in [1.807, 2.05) is 6.07 Å². The molecule has 0 spiro atoms. The minimum Gasteiger partial charge on any atom is -0.393 e. The number of carbonyl (C=O) groups excluding carboxylic acids is 1. The Kier molecular flexibility index (Phi) is 4.40. The number of halogens is 1. The van der Waals surface area contributed by atoms with Crippen LogP contribution >= 0.6 is 0 Å². The van der Waals surface area contributed by atoms with Gasteiger partial charge >= 0.3 is 0 Å². The molecule has 0 amide bonds. The molecule has 4 aliphatic carbocycles. The van der Waals surface area contributed by atoms with E-state index in [0.29, 0.717) is 23.3 Å². The second-order valence-electron chi connectivity index (χ2n) is 10.3. The molecule has 1 aromatic rings. The van der Waals surface area contributed by atoms with Crippen molar-refractivity contribution in [3.05, 3.63) is 52.9 Å². The zero-order chi connectivity index (χ0) is 20.4. The van der Waals surface area contributed by atoms with E-state index in [4.69, 9.17) is 0 Å². The molecule has 6 atom stereocenters. The summed E-state index contributed by atoms with van der Waals surface area (Å²) in [6, 6.07) is 6.73. The molecular formula is C26H31FO2. The van der Waals surface area contributed by atoms with Crippen LogP contribution in [0.1, 0.15) is 64.4 Å². The molecule has 3 heteroatoms. The fourth-order valence-electron chi connectivity index (χ4n) is 7.22. The Balaban J connectivity index is 1.49. The first-order valence-corrected chi connectivity index (χ1v) is 11.2. The average molecular weight is 395 g/mol. The fraction of sp³-hybridized carbons (Fsp3) is 0.577. The summed E-state index contributed by atoms with van der Waals surface area (Å²) in [5.74, 6) is 1.42. The summed E-state index contributed by atoms with van der Waals surface area (Å²) >= 11 is 0. The van der Waals surface area contributed by atoms with E-state index in [-0.39, 0.29) is 28.5 Å². The Hall–Kier alpha value is -1.74. The van der Waals surface area contributed by atoms with Crippen molar-refractivity contribution in [1.29, 1.82) is 0 Å². The van der Waals surface area contributed by atoms with Gasteiger partial charge < -0.3 is 5.11 Å². The minimum atomic E-state index is -0.311. The summed E-state index contributed by atoms with van der Waals surface area (Å²) in [5.41, 5.74) is 2.64. The third-order valence-corrected chi connectivity index (χ3v) is 8.95. The van der Waals surface area contributed by atoms with Gasteiger partial charge in [-0.1, -0.05) is 43.7 Å². The molecule has 29 heavy (non-hydrogen) atoms. The van der Waals surface area contributed by atoms with Crippen LogP contribution in [0.15, 0.2) is 41.5 Å². The molecule has 1 N–H and O–H groups in total. The summed E-state index contributed by atoms with van der Waals surface area (Å²) < 4.78 is 14.2. The van der Waals surface area contributed by atoms with Crippen LogP contribution in [-0.4, -0.2) is 17.0 Å². The molecule has 0 bridgehead atoms. The van der Waals surface area contributed by atoms with Crippen LogP contribution in [0.4, 0.5) is 4.39 Å². The predicted molar refractivity (Wildman–Crippen MR) is 112 cm³/mol. The first-order valence-electron chi connectivity index (χ1n) is 11.2. The van der Waals surface area contributed by atoms with Crippen LogP contribution in [0, 0.1) is 34.4 Å². The normalized spacial score (nSPS) is 42.8. The summed E-state index contributed by atoms with van der Waals surface area (Å²) in [7, 11) is 0. The second kappa shape index (κ2) is 6.63. The summed E-state index contributed by atoms with van der Waals surface area (Å²) in [6.07, 6.45) is 10.6. The number of hydrogen-bond acceptors (Lipinski definition) is 2. The zero-order valence-electron chi connectivity index (χ0n) is 17.5. The van der Waals surface area contributed by atoms with Gasteiger partial charge in [-0.25, -0.2) is 4.39 Å². The minimum absolute atomic E-state index is 0.171. The molecule has 3 fully saturated rings. The number of aliphatic hydroxyl groups is 1. The van der Waals surface area contributed by atoms with Crippen molar-refractivity contribution in [2.45, 2.75) is 64.9 Å². The lowest BCUT2D eigenvalue weighted by Crippen LogP contribution is -2.50. The van der Waals surface area contributed by atoms with Gasteiger partial charge in [0.05, 0.1) is 6.10 Å². The van der Waals surface area contributed by atoms with Gasteiger partial charge in [-0.2, -0.15) is 0 Å². The smallest absolute Gasteiger partial charge is 0.165 e. The third kappa shape index (κ3) is 2.80. The van der Waals surface area contributed by atoms with Crippen LogP contribution in [0.25, 0.3) is 6.08 Å². The first kappa shape index (κ1) is 19.2. The number of aliphatic hydroxyl groups excluding tert-OH is 1. The summed E-state index contributed by atoms with van der Waals surface area (Å²) in [4.78, 5) is 13.4. The predicted octanol–water partition coefficient (Wildman–Crippen LogP) is 5.71. The van der Waals surface area contributed by atoms with Gasteiger partial charge in [0.2, 0.25) is 0 Å². The van der Waals surface area contributed by atoms with Gasteiger partial charge in [0.15, 0.2) is 5.78 Å². The molecule has 0 unspecified atom stereocenters. The number of benzene rings is 1. The third-order valence-electron chi connectivity index (χ3n) is 8.95. The Bertz CT molecular complexity index is 915. The molecular weight excluding hydrogens is 363 g/mol. The first-order chi connectivity index (χ1) is 13.8. The molecule has 0 aliphatic heterocycles. The number of allylic oxidation sites excluding steroid dienone is 2. The highest BCUT2D eigenvalue weighted by atomic mass is 19.1. The van der Waals surface area contributed by atoms with Crippen molar-refractivity contribution < 1.29 is 14.3 Å². The molecule has 0 radical (unpaired) electrons. The average Bonchev–Trinajstić information content (AvgIpc) is 2.95. The summed E-state index contributed by atoms with van der Waals surface area (Å²) in [5, 5.41) is 10.2. The lowest BCUT2D eigenvalue weighted by atomic mass is 9.48. The van der Waals surface area contributed by atoms with Gasteiger partial charge in [-0.3, -0.25) is 4.79 Å². The Morgan fingerprint density at radius 3 is 2.62 bits per heavy atom. The SMILES string of the molecule is C[C@]12CC[C@@H](O)CC1=CC[C@@H]1[C@H]3C/C(=C\c4ccccc4F)C(=O)[C@@]3(C)CC[C@@H]12. The summed E-state index contributed by atoms with van der Waals surface area (Å²) in [6.45, 7) is 4.56. The molecule has 4 aliphatic rings. The molecule has 0 saturated heterocycles. The van der Waals surface area contributed by atoms with Crippen molar-refractivity contribution in [3.63, 3.8) is 0 Å². The zero-order valence-corrected chi connectivity index (χ0v) is 17.5. The topological polar surface area (TPSA) is 37.3 Å². The quantitative estimate of drug-likeness (QED) is 0.489. The van der Waals surface area contributed by atoms with E-state index in [1.54, 1.807) is 18.2 Å². The molecule has 0 heterocycles. The van der Waals surface area contributed by atoms with Gasteiger partial charge in [0.25, 0.3) is 0 Å². The van der Waals surface area contributed by atoms with Crippen molar-refractivity contribution in [1.82, 2.24) is 0 Å². The van der Waals surface area contributed by atoms with E-state index in [2.05, 4.69) is 19.9 Å². The Labute approximate surface area is 172 Å². The van der Waals surface area contributed by atoms with Gasteiger partial charge in [-0.15, -0.1) is 0 Å². The maximum absolute atomic E-state index is 14.2. The fourth-order valence-corrected chi connectivity index (χ4v) is 7.22. The largest absolute Gasteiger partial charge is 0.393 e. The number of carbonyl (C=O) groups is 1. The molecule has 2 nitrogen and oxygen atoms in total. The highest BCUT2D eigenvalue weighted by Gasteiger charge is 2.59. The van der Waals surface area contributed by atoms with Crippen LogP contribution in [-0.2, 0) is 4.79 Å².